The molecule has 1 unspecified atom stereocenters. The highest BCUT2D eigenvalue weighted by molar-refractivity contribution is 4.95. The lowest BCUT2D eigenvalue weighted by atomic mass is 9.74. The molecule has 0 aromatic heterocycles. The van der Waals surface area contributed by atoms with Crippen LogP contribution in [0.1, 0.15) is 51.9 Å². The van der Waals surface area contributed by atoms with E-state index in [4.69, 9.17) is 9.47 Å². The van der Waals surface area contributed by atoms with Crippen LogP contribution in [0.5, 0.6) is 0 Å². The summed E-state index contributed by atoms with van der Waals surface area (Å²) in [6, 6.07) is 0.676. The van der Waals surface area contributed by atoms with Crippen molar-refractivity contribution in [1.29, 1.82) is 0 Å². The summed E-state index contributed by atoms with van der Waals surface area (Å²) in [6.45, 7) is 5.99. The van der Waals surface area contributed by atoms with E-state index in [9.17, 15) is 0 Å². The number of hydrogen-bond acceptors (Lipinski definition) is 3. The van der Waals surface area contributed by atoms with Gasteiger partial charge in [0.25, 0.3) is 0 Å². The van der Waals surface area contributed by atoms with Gasteiger partial charge in [0.15, 0.2) is 0 Å². The molecule has 2 aliphatic rings. The van der Waals surface area contributed by atoms with Gasteiger partial charge >= 0.3 is 0 Å². The van der Waals surface area contributed by atoms with Crippen molar-refractivity contribution in [2.24, 2.45) is 0 Å². The van der Waals surface area contributed by atoms with Crippen molar-refractivity contribution in [3.8, 4) is 0 Å². The standard InChI is InChI=1S/C14H27NO2/c1-2-9-16-10-4-8-15-13-5-11-17-14(12-13)6-3-7-14/h13,15H,2-12H2,1H3. The quantitative estimate of drug-likeness (QED) is 0.695. The molecule has 3 nitrogen and oxygen atoms in total. The van der Waals surface area contributed by atoms with Gasteiger partial charge in [-0.25, -0.2) is 0 Å². The summed E-state index contributed by atoms with van der Waals surface area (Å²) < 4.78 is 11.4. The van der Waals surface area contributed by atoms with Gasteiger partial charge in [0.2, 0.25) is 0 Å². The fourth-order valence-corrected chi connectivity index (χ4v) is 2.85. The summed E-state index contributed by atoms with van der Waals surface area (Å²) in [7, 11) is 0. The molecule has 0 amide bonds. The van der Waals surface area contributed by atoms with Gasteiger partial charge in [-0.2, -0.15) is 0 Å². The van der Waals surface area contributed by atoms with Crippen molar-refractivity contribution in [3.63, 3.8) is 0 Å². The zero-order valence-electron chi connectivity index (χ0n) is 11.2. The van der Waals surface area contributed by atoms with Crippen LogP contribution in [-0.4, -0.2) is 38.0 Å². The van der Waals surface area contributed by atoms with Crippen LogP contribution in [-0.2, 0) is 9.47 Å². The average molecular weight is 241 g/mol. The summed E-state index contributed by atoms with van der Waals surface area (Å²) in [4.78, 5) is 0. The van der Waals surface area contributed by atoms with E-state index < -0.39 is 0 Å². The molecule has 100 valence electrons. The minimum absolute atomic E-state index is 0.272. The van der Waals surface area contributed by atoms with Crippen LogP contribution < -0.4 is 5.32 Å². The second kappa shape index (κ2) is 6.72. The molecule has 2 rings (SSSR count). The number of hydrogen-bond donors (Lipinski definition) is 1. The van der Waals surface area contributed by atoms with Gasteiger partial charge in [-0.15, -0.1) is 0 Å². The Kier molecular flexibility index (Phi) is 5.26. The van der Waals surface area contributed by atoms with Gasteiger partial charge in [-0.1, -0.05) is 6.92 Å². The van der Waals surface area contributed by atoms with Gasteiger partial charge in [0.1, 0.15) is 0 Å². The molecular formula is C14H27NO2. The van der Waals surface area contributed by atoms with Gasteiger partial charge in [0.05, 0.1) is 5.60 Å². The van der Waals surface area contributed by atoms with E-state index in [0.717, 1.165) is 39.2 Å². The first-order chi connectivity index (χ1) is 8.35. The Labute approximate surface area is 105 Å². The molecule has 17 heavy (non-hydrogen) atoms. The lowest BCUT2D eigenvalue weighted by Gasteiger charge is -2.47. The first-order valence-corrected chi connectivity index (χ1v) is 7.30. The van der Waals surface area contributed by atoms with Crippen LogP contribution in [0, 0.1) is 0 Å². The zero-order valence-corrected chi connectivity index (χ0v) is 11.2. The molecule has 1 aliphatic carbocycles. The smallest absolute Gasteiger partial charge is 0.0697 e. The number of ether oxygens (including phenoxy) is 2. The molecule has 1 saturated heterocycles. The summed E-state index contributed by atoms with van der Waals surface area (Å²) in [5.41, 5.74) is 0.272. The van der Waals surface area contributed by atoms with E-state index in [0.29, 0.717) is 6.04 Å². The number of rotatable bonds is 7. The third kappa shape index (κ3) is 3.94. The van der Waals surface area contributed by atoms with Crippen LogP contribution in [0.25, 0.3) is 0 Å². The molecule has 1 heterocycles. The molecule has 3 heteroatoms. The Morgan fingerprint density at radius 1 is 1.35 bits per heavy atom. The monoisotopic (exact) mass is 241 g/mol. The van der Waals surface area contributed by atoms with E-state index in [1.165, 1.54) is 32.1 Å². The predicted octanol–water partition coefficient (Wildman–Crippen LogP) is 2.49. The molecule has 2 fully saturated rings. The summed E-state index contributed by atoms with van der Waals surface area (Å²) >= 11 is 0. The average Bonchev–Trinajstić information content (AvgIpc) is 2.32. The number of nitrogens with one attached hydrogen (secondary N) is 1. The van der Waals surface area contributed by atoms with Crippen molar-refractivity contribution in [2.45, 2.75) is 63.5 Å². The Morgan fingerprint density at radius 2 is 2.24 bits per heavy atom. The molecule has 1 saturated carbocycles. The lowest BCUT2D eigenvalue weighted by Crippen LogP contribution is -2.51. The van der Waals surface area contributed by atoms with Crippen LogP contribution in [0.15, 0.2) is 0 Å². The van der Waals surface area contributed by atoms with Gasteiger partial charge in [0, 0.05) is 25.9 Å². The fraction of sp³-hybridized carbons (Fsp3) is 1.00. The first kappa shape index (κ1) is 13.3. The highest BCUT2D eigenvalue weighted by Gasteiger charge is 2.42. The van der Waals surface area contributed by atoms with Crippen molar-refractivity contribution in [3.05, 3.63) is 0 Å². The van der Waals surface area contributed by atoms with Crippen molar-refractivity contribution in [1.82, 2.24) is 5.32 Å². The molecule has 0 aromatic rings. The molecule has 0 radical (unpaired) electrons. The fourth-order valence-electron chi connectivity index (χ4n) is 2.85. The van der Waals surface area contributed by atoms with Crippen molar-refractivity contribution < 1.29 is 9.47 Å². The third-order valence-corrected chi connectivity index (χ3v) is 4.00. The zero-order chi connectivity index (χ0) is 12.0. The second-order valence-corrected chi connectivity index (χ2v) is 5.49. The van der Waals surface area contributed by atoms with Gasteiger partial charge in [-0.3, -0.25) is 0 Å². The van der Waals surface area contributed by atoms with Crippen molar-refractivity contribution in [2.75, 3.05) is 26.4 Å². The van der Waals surface area contributed by atoms with Crippen LogP contribution in [0.2, 0.25) is 0 Å². The normalized spacial score (nSPS) is 27.0. The summed E-state index contributed by atoms with van der Waals surface area (Å²) in [5, 5.41) is 3.66. The maximum Gasteiger partial charge on any atom is 0.0697 e. The van der Waals surface area contributed by atoms with E-state index in [1.807, 2.05) is 0 Å². The largest absolute Gasteiger partial charge is 0.381 e. The Balaban J connectivity index is 1.53. The summed E-state index contributed by atoms with van der Waals surface area (Å²) in [5.74, 6) is 0. The van der Waals surface area contributed by atoms with E-state index >= 15 is 0 Å². The maximum absolute atomic E-state index is 5.93. The van der Waals surface area contributed by atoms with E-state index in [2.05, 4.69) is 12.2 Å². The topological polar surface area (TPSA) is 30.5 Å². The molecular weight excluding hydrogens is 214 g/mol. The van der Waals surface area contributed by atoms with Gasteiger partial charge < -0.3 is 14.8 Å². The molecule has 1 spiro atoms. The molecule has 1 N–H and O–H groups in total. The maximum atomic E-state index is 5.93. The minimum Gasteiger partial charge on any atom is -0.381 e. The van der Waals surface area contributed by atoms with Crippen LogP contribution in [0.4, 0.5) is 0 Å². The molecule has 1 atom stereocenters. The first-order valence-electron chi connectivity index (χ1n) is 7.30. The Hall–Kier alpha value is -0.120. The Bertz CT molecular complexity index is 216. The molecule has 0 aromatic carbocycles. The second-order valence-electron chi connectivity index (χ2n) is 5.49. The third-order valence-electron chi connectivity index (χ3n) is 4.00. The lowest BCUT2D eigenvalue weighted by molar-refractivity contribution is -0.135. The van der Waals surface area contributed by atoms with Crippen LogP contribution >= 0.6 is 0 Å². The Morgan fingerprint density at radius 3 is 2.94 bits per heavy atom. The highest BCUT2D eigenvalue weighted by Crippen LogP contribution is 2.42. The van der Waals surface area contributed by atoms with Crippen molar-refractivity contribution >= 4 is 0 Å². The summed E-state index contributed by atoms with van der Waals surface area (Å²) in [6.07, 6.45) is 8.58. The minimum atomic E-state index is 0.272. The SMILES string of the molecule is CCCOCCCNC1CCOC2(CCC2)C1. The molecule has 0 bridgehead atoms. The highest BCUT2D eigenvalue weighted by atomic mass is 16.5. The van der Waals surface area contributed by atoms with E-state index in [1.54, 1.807) is 0 Å². The van der Waals surface area contributed by atoms with Crippen LogP contribution in [0.3, 0.4) is 0 Å². The van der Waals surface area contributed by atoms with E-state index in [-0.39, 0.29) is 5.60 Å². The predicted molar refractivity (Wildman–Crippen MR) is 69.3 cm³/mol. The molecule has 1 aliphatic heterocycles. The van der Waals surface area contributed by atoms with Gasteiger partial charge in [-0.05, 0) is 51.5 Å².